The van der Waals surface area contributed by atoms with E-state index in [2.05, 4.69) is 42.3 Å². The molecule has 10 nitrogen and oxygen atoms in total. The maximum atomic E-state index is 6.64. The van der Waals surface area contributed by atoms with E-state index in [4.69, 9.17) is 33.7 Å². The number of nitrogens with one attached hydrogen (secondary N) is 1. The zero-order valence-electron chi connectivity index (χ0n) is 21.7. The Morgan fingerprint density at radius 2 is 1.87 bits per heavy atom. The lowest BCUT2D eigenvalue weighted by Crippen LogP contribution is -2.69. The first kappa shape index (κ1) is 25.5. The van der Waals surface area contributed by atoms with Crippen molar-refractivity contribution in [2.45, 2.75) is 31.9 Å². The SMILES string of the molecule is Cc1c(CC2(N)CN(c3ccc(-c4n[nH]c5ccc(O[C@H](C)c6c(Cl)cncc6Cl)cc45)nn3)C2)cnn1C. The first-order valence-electron chi connectivity index (χ1n) is 12.5. The Morgan fingerprint density at radius 1 is 1.10 bits per heavy atom. The Morgan fingerprint density at radius 3 is 2.54 bits per heavy atom. The molecule has 0 amide bonds. The number of anilines is 1. The average molecular weight is 564 g/mol. The molecule has 6 rings (SSSR count). The van der Waals surface area contributed by atoms with Gasteiger partial charge in [0.1, 0.15) is 23.2 Å². The topological polar surface area (TPSA) is 124 Å². The van der Waals surface area contributed by atoms with E-state index in [9.17, 15) is 0 Å². The van der Waals surface area contributed by atoms with Crippen molar-refractivity contribution in [2.75, 3.05) is 18.0 Å². The number of aryl methyl sites for hydroxylation is 1. The fourth-order valence-corrected chi connectivity index (χ4v) is 5.71. The van der Waals surface area contributed by atoms with Gasteiger partial charge in [-0.1, -0.05) is 23.2 Å². The summed E-state index contributed by atoms with van der Waals surface area (Å²) in [5.74, 6) is 1.43. The number of aromatic amines is 1. The van der Waals surface area contributed by atoms with Crippen molar-refractivity contribution in [3.8, 4) is 17.1 Å². The fourth-order valence-electron chi connectivity index (χ4n) is 5.04. The molecule has 0 aliphatic carbocycles. The highest BCUT2D eigenvalue weighted by molar-refractivity contribution is 6.35. The number of aromatic nitrogens is 7. The third-order valence-electron chi connectivity index (χ3n) is 7.25. The number of hydrogen-bond donors (Lipinski definition) is 2. The Bertz CT molecular complexity index is 1640. The van der Waals surface area contributed by atoms with Crippen molar-refractivity contribution in [1.82, 2.24) is 35.2 Å². The second kappa shape index (κ2) is 9.78. The van der Waals surface area contributed by atoms with Crippen molar-refractivity contribution < 1.29 is 4.74 Å². The Kier molecular flexibility index (Phi) is 6.41. The molecule has 1 saturated heterocycles. The Hall–Kier alpha value is -3.73. The Labute approximate surface area is 235 Å². The van der Waals surface area contributed by atoms with Crippen LogP contribution in [0.3, 0.4) is 0 Å². The van der Waals surface area contributed by atoms with Crippen LogP contribution < -0.4 is 15.4 Å². The number of rotatable bonds is 7. The number of nitrogens with two attached hydrogens (primary N) is 1. The van der Waals surface area contributed by atoms with E-state index >= 15 is 0 Å². The number of nitrogens with zero attached hydrogens (tertiary/aromatic N) is 7. The molecule has 39 heavy (non-hydrogen) atoms. The van der Waals surface area contributed by atoms with Crippen LogP contribution in [0, 0.1) is 6.92 Å². The van der Waals surface area contributed by atoms with Crippen LogP contribution in [0.1, 0.15) is 29.8 Å². The molecule has 1 fully saturated rings. The third kappa shape index (κ3) is 4.80. The molecule has 12 heteroatoms. The summed E-state index contributed by atoms with van der Waals surface area (Å²) in [7, 11) is 1.94. The molecule has 0 bridgehead atoms. The quantitative estimate of drug-likeness (QED) is 0.293. The van der Waals surface area contributed by atoms with Gasteiger partial charge in [-0.25, -0.2) is 0 Å². The highest BCUT2D eigenvalue weighted by Gasteiger charge is 2.41. The van der Waals surface area contributed by atoms with E-state index in [0.717, 1.165) is 28.8 Å². The van der Waals surface area contributed by atoms with Gasteiger partial charge in [-0.15, -0.1) is 10.2 Å². The molecule has 0 radical (unpaired) electrons. The van der Waals surface area contributed by atoms with E-state index in [1.54, 1.807) is 12.4 Å². The predicted molar refractivity (Wildman–Crippen MR) is 151 cm³/mol. The molecule has 1 aliphatic rings. The largest absolute Gasteiger partial charge is 0.486 e. The first-order chi connectivity index (χ1) is 18.7. The molecule has 5 aromatic rings. The van der Waals surface area contributed by atoms with E-state index in [1.165, 1.54) is 5.56 Å². The fraction of sp³-hybridized carbons (Fsp3) is 0.296. The predicted octanol–water partition coefficient (Wildman–Crippen LogP) is 4.66. The van der Waals surface area contributed by atoms with Gasteiger partial charge in [0.05, 0.1) is 27.3 Å². The lowest BCUT2D eigenvalue weighted by molar-refractivity contribution is 0.227. The minimum Gasteiger partial charge on any atom is -0.486 e. The van der Waals surface area contributed by atoms with Crippen molar-refractivity contribution in [1.29, 1.82) is 0 Å². The maximum absolute atomic E-state index is 6.64. The lowest BCUT2D eigenvalue weighted by Gasteiger charge is -2.48. The molecule has 3 N–H and O–H groups in total. The second-order valence-electron chi connectivity index (χ2n) is 10.1. The minimum atomic E-state index is -0.381. The number of halogens is 2. The molecule has 0 unspecified atom stereocenters. The standard InChI is InChI=1S/C27H27Cl2N9O/c1-15-17(10-32-37(15)3)9-27(30)13-38(14-27)24-7-6-23(34-35-24)26-19-8-18(4-5-22(19)33-36-26)39-16(2)25-20(28)11-31-12-21(25)29/h4-8,10-12,16H,9,13-14,30H2,1-3H3,(H,33,36)/t16-/m1/s1. The molecular formula is C27H27Cl2N9O. The Balaban J connectivity index is 1.17. The van der Waals surface area contributed by atoms with Crippen LogP contribution in [0.15, 0.2) is 48.9 Å². The van der Waals surface area contributed by atoms with Gasteiger partial charge in [-0.05, 0) is 56.2 Å². The highest BCUT2D eigenvalue weighted by Crippen LogP contribution is 2.35. The van der Waals surface area contributed by atoms with Crippen LogP contribution in [-0.4, -0.2) is 53.8 Å². The molecule has 1 atom stereocenters. The smallest absolute Gasteiger partial charge is 0.151 e. The summed E-state index contributed by atoms with van der Waals surface area (Å²) < 4.78 is 8.05. The van der Waals surface area contributed by atoms with E-state index in [0.29, 0.717) is 45.8 Å². The van der Waals surface area contributed by atoms with Gasteiger partial charge in [0.15, 0.2) is 5.82 Å². The van der Waals surface area contributed by atoms with E-state index in [1.807, 2.05) is 55.2 Å². The van der Waals surface area contributed by atoms with Crippen molar-refractivity contribution >= 4 is 39.9 Å². The summed E-state index contributed by atoms with van der Waals surface area (Å²) in [5.41, 5.74) is 11.5. The van der Waals surface area contributed by atoms with Crippen LogP contribution in [0.25, 0.3) is 22.3 Å². The van der Waals surface area contributed by atoms with Crippen molar-refractivity contribution in [2.24, 2.45) is 12.8 Å². The zero-order valence-corrected chi connectivity index (χ0v) is 23.2. The minimum absolute atomic E-state index is 0.315. The van der Waals surface area contributed by atoms with Crippen molar-refractivity contribution in [3.05, 3.63) is 75.8 Å². The molecular weight excluding hydrogens is 537 g/mol. The van der Waals surface area contributed by atoms with Crippen LogP contribution >= 0.6 is 23.2 Å². The van der Waals surface area contributed by atoms with Crippen LogP contribution in [-0.2, 0) is 13.5 Å². The summed E-state index contributed by atoms with van der Waals surface area (Å²) in [6.07, 6.45) is 5.40. The number of pyridine rings is 1. The summed E-state index contributed by atoms with van der Waals surface area (Å²) in [6, 6.07) is 9.58. The van der Waals surface area contributed by atoms with Gasteiger partial charge in [0.2, 0.25) is 0 Å². The zero-order chi connectivity index (χ0) is 27.3. The molecule has 1 aromatic carbocycles. The molecule has 5 heterocycles. The van der Waals surface area contributed by atoms with Crippen LogP contribution in [0.2, 0.25) is 10.0 Å². The summed E-state index contributed by atoms with van der Waals surface area (Å²) in [6.45, 7) is 5.35. The summed E-state index contributed by atoms with van der Waals surface area (Å²) >= 11 is 12.6. The van der Waals surface area contributed by atoms with Crippen LogP contribution in [0.5, 0.6) is 5.75 Å². The van der Waals surface area contributed by atoms with Gasteiger partial charge in [-0.2, -0.15) is 10.2 Å². The van der Waals surface area contributed by atoms with Gasteiger partial charge in [0.25, 0.3) is 0 Å². The molecule has 1 aliphatic heterocycles. The van der Waals surface area contributed by atoms with Crippen molar-refractivity contribution in [3.63, 3.8) is 0 Å². The molecule has 200 valence electrons. The third-order valence-corrected chi connectivity index (χ3v) is 7.85. The number of ether oxygens (including phenoxy) is 1. The number of fused-ring (bicyclic) bond motifs is 1. The monoisotopic (exact) mass is 563 g/mol. The maximum Gasteiger partial charge on any atom is 0.151 e. The molecule has 0 saturated carbocycles. The first-order valence-corrected chi connectivity index (χ1v) is 13.3. The number of H-pyrrole nitrogens is 1. The number of hydrogen-bond acceptors (Lipinski definition) is 8. The molecule has 0 spiro atoms. The molecule has 4 aromatic heterocycles. The van der Waals surface area contributed by atoms with E-state index < -0.39 is 0 Å². The number of benzene rings is 1. The van der Waals surface area contributed by atoms with E-state index in [-0.39, 0.29) is 11.6 Å². The van der Waals surface area contributed by atoms with Gasteiger partial charge < -0.3 is 15.4 Å². The van der Waals surface area contributed by atoms with Gasteiger partial charge >= 0.3 is 0 Å². The normalized spacial score (nSPS) is 15.4. The van der Waals surface area contributed by atoms with Gasteiger partial charge in [-0.3, -0.25) is 14.8 Å². The summed E-state index contributed by atoms with van der Waals surface area (Å²) in [5, 5.41) is 22.6. The second-order valence-corrected chi connectivity index (χ2v) is 10.9. The lowest BCUT2D eigenvalue weighted by atomic mass is 9.84. The van der Waals surface area contributed by atoms with Gasteiger partial charge in [0, 0.05) is 49.2 Å². The van der Waals surface area contributed by atoms with Crippen LogP contribution in [0.4, 0.5) is 5.82 Å². The summed E-state index contributed by atoms with van der Waals surface area (Å²) in [4.78, 5) is 6.14. The average Bonchev–Trinajstić information content (AvgIpc) is 3.45. The highest BCUT2D eigenvalue weighted by atomic mass is 35.5.